The minimum atomic E-state index is -1.75. The van der Waals surface area contributed by atoms with E-state index >= 15 is 0 Å². The maximum Gasteiger partial charge on any atom is 0.192 e. The van der Waals surface area contributed by atoms with E-state index in [4.69, 9.17) is 8.85 Å². The summed E-state index contributed by atoms with van der Waals surface area (Å²) in [6.07, 6.45) is 7.94. The molecule has 0 aliphatic heterocycles. The summed E-state index contributed by atoms with van der Waals surface area (Å²) in [6, 6.07) is 3.57. The Morgan fingerprint density at radius 1 is 1.09 bits per heavy atom. The summed E-state index contributed by atoms with van der Waals surface area (Å²) in [5.41, 5.74) is 1.22. The van der Waals surface area contributed by atoms with E-state index in [-0.39, 0.29) is 21.8 Å². The van der Waals surface area contributed by atoms with Gasteiger partial charge >= 0.3 is 0 Å². The number of fused-ring (bicyclic) bond motifs is 1. The van der Waals surface area contributed by atoms with Gasteiger partial charge in [-0.05, 0) is 91.5 Å². The monoisotopic (exact) mass is 508 g/mol. The van der Waals surface area contributed by atoms with Crippen molar-refractivity contribution >= 4 is 22.9 Å². The topological polar surface area (TPSA) is 35.5 Å². The van der Waals surface area contributed by atoms with Gasteiger partial charge in [-0.3, -0.25) is 0 Å². The molecule has 0 aromatic carbocycles. The first-order chi connectivity index (χ1) is 15.7. The normalized spacial score (nSPS) is 33.0. The van der Waals surface area contributed by atoms with E-state index in [1.54, 1.807) is 0 Å². The van der Waals surface area contributed by atoms with Crippen LogP contribution in [0.2, 0.25) is 36.3 Å². The zero-order valence-corrected chi connectivity index (χ0v) is 26.3. The second kappa shape index (κ2) is 11.0. The molecule has 0 amide bonds. The smallest absolute Gasteiger partial charge is 0.192 e. The van der Waals surface area contributed by atoms with Crippen molar-refractivity contribution in [1.29, 1.82) is 0 Å². The first kappa shape index (κ1) is 30.0. The third-order valence-corrected chi connectivity index (χ3v) is 20.0. The molecule has 0 aromatic rings. The Hall–Kier alpha value is -0.236. The Morgan fingerprint density at radius 2 is 1.68 bits per heavy atom. The highest BCUT2D eigenvalue weighted by Gasteiger charge is 2.59. The summed E-state index contributed by atoms with van der Waals surface area (Å²) in [6.45, 7) is 28.7. The number of rotatable bonds is 11. The van der Waals surface area contributed by atoms with Crippen molar-refractivity contribution in [2.24, 2.45) is 22.7 Å². The fourth-order valence-electron chi connectivity index (χ4n) is 6.99. The predicted octanol–water partition coefficient (Wildman–Crippen LogP) is 8.77. The highest BCUT2D eigenvalue weighted by Crippen LogP contribution is 2.63. The number of carbonyl (C=O) groups excluding carboxylic acids is 1. The lowest BCUT2D eigenvalue weighted by Gasteiger charge is -2.61. The second-order valence-corrected chi connectivity index (χ2v) is 23.0. The Kier molecular flexibility index (Phi) is 9.72. The molecule has 2 aliphatic rings. The molecular formula is C29H56O3Si2. The third kappa shape index (κ3) is 5.68. The van der Waals surface area contributed by atoms with Crippen LogP contribution >= 0.6 is 0 Å². The van der Waals surface area contributed by atoms with Crippen LogP contribution in [0.3, 0.4) is 0 Å². The molecule has 5 atom stereocenters. The molecule has 0 bridgehead atoms. The molecule has 0 saturated heterocycles. The third-order valence-electron chi connectivity index (χ3n) is 10.8. The molecule has 2 aliphatic carbocycles. The van der Waals surface area contributed by atoms with Crippen molar-refractivity contribution in [2.45, 2.75) is 136 Å². The van der Waals surface area contributed by atoms with Gasteiger partial charge in [0.1, 0.15) is 6.29 Å². The summed E-state index contributed by atoms with van der Waals surface area (Å²) in [7, 11) is -3.47. The minimum absolute atomic E-state index is 0.000834. The van der Waals surface area contributed by atoms with Crippen LogP contribution in [0, 0.1) is 22.7 Å². The first-order valence-electron chi connectivity index (χ1n) is 14.1. The van der Waals surface area contributed by atoms with Crippen molar-refractivity contribution in [2.75, 3.05) is 6.61 Å². The van der Waals surface area contributed by atoms with Crippen molar-refractivity contribution in [3.05, 3.63) is 12.2 Å². The van der Waals surface area contributed by atoms with Gasteiger partial charge in [0.05, 0.1) is 6.10 Å². The van der Waals surface area contributed by atoms with E-state index in [2.05, 4.69) is 75.1 Å². The van der Waals surface area contributed by atoms with Crippen LogP contribution in [0.4, 0.5) is 0 Å². The van der Waals surface area contributed by atoms with E-state index in [1.807, 2.05) is 0 Å². The summed E-state index contributed by atoms with van der Waals surface area (Å²) in [5, 5.41) is 0.238. The summed E-state index contributed by atoms with van der Waals surface area (Å²) in [5.74, 6) is 0.477. The second-order valence-electron chi connectivity index (χ2n) is 13.5. The Bertz CT molecular complexity index is 700. The molecule has 2 rings (SSSR count). The van der Waals surface area contributed by atoms with Gasteiger partial charge in [-0.2, -0.15) is 0 Å². The molecule has 34 heavy (non-hydrogen) atoms. The van der Waals surface area contributed by atoms with Gasteiger partial charge in [0.2, 0.25) is 0 Å². The van der Waals surface area contributed by atoms with Crippen LogP contribution in [-0.2, 0) is 13.6 Å². The maximum absolute atomic E-state index is 12.3. The standard InChI is InChI=1S/C29H56O3Si2/c1-12-34(13-2,14-3)32-26-18-20-28(8)24(22-30)23(4)16-17-25(28)29(26,9)19-15-21-31-33(10,11)27(5,6)7/h22,24-26H,4,12-21H2,1-3,5-11H3/t24-,25-,26-,28+,29+/m1/s1. The predicted molar refractivity (Wildman–Crippen MR) is 151 cm³/mol. The number of carbonyl (C=O) groups is 1. The summed E-state index contributed by atoms with van der Waals surface area (Å²) >= 11 is 0. The van der Waals surface area contributed by atoms with Crippen LogP contribution in [0.1, 0.15) is 93.9 Å². The maximum atomic E-state index is 12.3. The van der Waals surface area contributed by atoms with Gasteiger partial charge < -0.3 is 13.6 Å². The molecule has 2 saturated carbocycles. The van der Waals surface area contributed by atoms with Crippen LogP contribution in [0.15, 0.2) is 12.2 Å². The van der Waals surface area contributed by atoms with Crippen LogP contribution in [-0.4, -0.2) is 35.6 Å². The van der Waals surface area contributed by atoms with Gasteiger partial charge in [0, 0.05) is 12.5 Å². The molecule has 0 radical (unpaired) electrons. The molecule has 0 unspecified atom stereocenters. The number of allylic oxidation sites excluding steroid dienone is 1. The quantitative estimate of drug-likeness (QED) is 0.121. The fraction of sp³-hybridized carbons (Fsp3) is 0.897. The molecule has 2 fully saturated rings. The van der Waals surface area contributed by atoms with Crippen LogP contribution in [0.5, 0.6) is 0 Å². The molecular weight excluding hydrogens is 452 g/mol. The van der Waals surface area contributed by atoms with Crippen molar-refractivity contribution in [3.8, 4) is 0 Å². The number of hydrogen-bond donors (Lipinski definition) is 0. The first-order valence-corrected chi connectivity index (χ1v) is 19.5. The lowest BCUT2D eigenvalue weighted by molar-refractivity contribution is -0.142. The largest absolute Gasteiger partial charge is 0.417 e. The van der Waals surface area contributed by atoms with E-state index in [0.717, 1.165) is 50.7 Å². The molecule has 0 aromatic heterocycles. The van der Waals surface area contributed by atoms with Crippen molar-refractivity contribution < 1.29 is 13.6 Å². The van der Waals surface area contributed by atoms with E-state index in [1.165, 1.54) is 24.4 Å². The SMILES string of the molecule is C=C1CC[C@H]2[C@](C)(CCCO[Si](C)(C)C(C)(C)C)[C@H](O[Si](CC)(CC)CC)CC[C@@]2(C)[C@@H]1C=O. The van der Waals surface area contributed by atoms with Gasteiger partial charge in [-0.1, -0.05) is 67.5 Å². The van der Waals surface area contributed by atoms with Crippen molar-refractivity contribution in [1.82, 2.24) is 0 Å². The Labute approximate surface area is 214 Å². The average molecular weight is 509 g/mol. The van der Waals surface area contributed by atoms with Gasteiger partial charge in [-0.25, -0.2) is 0 Å². The van der Waals surface area contributed by atoms with E-state index in [9.17, 15) is 4.79 Å². The minimum Gasteiger partial charge on any atom is -0.417 e. The van der Waals surface area contributed by atoms with E-state index in [0.29, 0.717) is 12.0 Å². The number of hydrogen-bond acceptors (Lipinski definition) is 3. The van der Waals surface area contributed by atoms with Crippen LogP contribution < -0.4 is 0 Å². The molecule has 0 N–H and O–H groups in total. The highest BCUT2D eigenvalue weighted by atomic mass is 28.4. The van der Waals surface area contributed by atoms with Crippen molar-refractivity contribution in [3.63, 3.8) is 0 Å². The lowest BCUT2D eigenvalue weighted by atomic mass is 9.46. The van der Waals surface area contributed by atoms with Gasteiger partial charge in [0.25, 0.3) is 0 Å². The highest BCUT2D eigenvalue weighted by molar-refractivity contribution is 6.74. The molecule has 5 heteroatoms. The Balaban J connectivity index is 2.33. The summed E-state index contributed by atoms with van der Waals surface area (Å²) in [4.78, 5) is 12.3. The zero-order chi connectivity index (χ0) is 26.0. The fourth-order valence-corrected chi connectivity index (χ4v) is 11.1. The van der Waals surface area contributed by atoms with Gasteiger partial charge in [0.15, 0.2) is 16.6 Å². The molecule has 0 heterocycles. The van der Waals surface area contributed by atoms with E-state index < -0.39 is 16.6 Å². The molecule has 198 valence electrons. The summed E-state index contributed by atoms with van der Waals surface area (Å²) < 4.78 is 13.9. The molecule has 3 nitrogen and oxygen atoms in total. The van der Waals surface area contributed by atoms with Crippen LogP contribution in [0.25, 0.3) is 0 Å². The lowest BCUT2D eigenvalue weighted by Crippen LogP contribution is -2.59. The number of aldehydes is 1. The zero-order valence-electron chi connectivity index (χ0n) is 24.3. The van der Waals surface area contributed by atoms with Gasteiger partial charge in [-0.15, -0.1) is 0 Å². The average Bonchev–Trinajstić information content (AvgIpc) is 2.76. The molecule has 0 spiro atoms. The Morgan fingerprint density at radius 3 is 2.18 bits per heavy atom.